The average Bonchev–Trinajstić information content (AvgIpc) is 3.12. The Bertz CT molecular complexity index is 925. The fraction of sp³-hybridized carbons (Fsp3) is 0.368. The number of nitrogens with one attached hydrogen (secondary N) is 1. The lowest BCUT2D eigenvalue weighted by Crippen LogP contribution is -2.19. The molecule has 0 spiro atoms. The lowest BCUT2D eigenvalue weighted by Gasteiger charge is -2.13. The minimum absolute atomic E-state index is 0.0227. The molecule has 6 nitrogen and oxygen atoms in total. The van der Waals surface area contributed by atoms with Crippen molar-refractivity contribution in [3.8, 4) is 5.75 Å². The second-order valence-electron chi connectivity index (χ2n) is 6.12. The number of hydrogen-bond acceptors (Lipinski definition) is 5. The van der Waals surface area contributed by atoms with Crippen molar-refractivity contribution in [2.24, 2.45) is 5.73 Å². The molecule has 0 aliphatic heterocycles. The van der Waals surface area contributed by atoms with Gasteiger partial charge in [-0.3, -0.25) is 9.19 Å². The molecule has 1 aromatic carbocycles. The van der Waals surface area contributed by atoms with Gasteiger partial charge >= 0.3 is 6.18 Å². The first kappa shape index (κ1) is 22.8. The molecule has 1 unspecified atom stereocenters. The van der Waals surface area contributed by atoms with Crippen LogP contribution in [-0.2, 0) is 16.6 Å². The van der Waals surface area contributed by atoms with Gasteiger partial charge in [-0.25, -0.2) is 4.98 Å². The van der Waals surface area contributed by atoms with Crippen molar-refractivity contribution in [2.75, 3.05) is 13.2 Å². The monoisotopic (exact) mass is 428 g/mol. The summed E-state index contributed by atoms with van der Waals surface area (Å²) in [6.45, 7) is 3.08. The first-order chi connectivity index (χ1) is 13.7. The number of benzene rings is 1. The number of nitrogens with two attached hydrogens (primary N) is 1. The zero-order valence-electron chi connectivity index (χ0n) is 16.1. The minimum atomic E-state index is -4.42. The third-order valence-electron chi connectivity index (χ3n) is 3.79. The number of aromatic amines is 1. The van der Waals surface area contributed by atoms with E-state index in [1.807, 2.05) is 18.2 Å². The van der Waals surface area contributed by atoms with Gasteiger partial charge in [0.25, 0.3) is 0 Å². The predicted octanol–water partition coefficient (Wildman–Crippen LogP) is 3.87. The molecule has 0 fully saturated rings. The molecular formula is C19H23F3N4O2S. The Morgan fingerprint density at radius 3 is 2.55 bits per heavy atom. The van der Waals surface area contributed by atoms with Gasteiger partial charge in [-0.2, -0.15) is 13.2 Å². The number of H-pyrrole nitrogens is 1. The highest BCUT2D eigenvalue weighted by Gasteiger charge is 2.29. The van der Waals surface area contributed by atoms with E-state index in [9.17, 15) is 17.4 Å². The van der Waals surface area contributed by atoms with Crippen LogP contribution in [0.25, 0.3) is 11.0 Å². The molecule has 0 aliphatic rings. The highest BCUT2D eigenvalue weighted by Crippen LogP contribution is 2.24. The molecule has 3 rings (SSSR count). The number of halogens is 3. The Labute approximate surface area is 169 Å². The highest BCUT2D eigenvalue weighted by molar-refractivity contribution is 7.84. The Kier molecular flexibility index (Phi) is 8.15. The van der Waals surface area contributed by atoms with E-state index in [0.717, 1.165) is 18.5 Å². The summed E-state index contributed by atoms with van der Waals surface area (Å²) in [5.74, 6) is 0.0958. The first-order valence-corrected chi connectivity index (χ1v) is 10.2. The van der Waals surface area contributed by atoms with Crippen LogP contribution >= 0.6 is 0 Å². The van der Waals surface area contributed by atoms with Crippen molar-refractivity contribution in [1.82, 2.24) is 15.0 Å². The Morgan fingerprint density at radius 1 is 1.24 bits per heavy atom. The fourth-order valence-electron chi connectivity index (χ4n) is 2.25. The molecule has 2 aromatic heterocycles. The van der Waals surface area contributed by atoms with E-state index in [2.05, 4.69) is 21.9 Å². The maximum Gasteiger partial charge on any atom is 0.422 e. The van der Waals surface area contributed by atoms with Crippen LogP contribution in [-0.4, -0.2) is 38.5 Å². The molecule has 0 saturated carbocycles. The normalized spacial score (nSPS) is 12.3. The van der Waals surface area contributed by atoms with Crippen molar-refractivity contribution in [3.63, 3.8) is 0 Å². The summed E-state index contributed by atoms with van der Waals surface area (Å²) < 4.78 is 54.2. The van der Waals surface area contributed by atoms with Crippen molar-refractivity contribution in [2.45, 2.75) is 37.4 Å². The van der Waals surface area contributed by atoms with Gasteiger partial charge in [0.05, 0.1) is 33.3 Å². The quantitative estimate of drug-likeness (QED) is 0.622. The topological polar surface area (TPSA) is 93.9 Å². The van der Waals surface area contributed by atoms with Gasteiger partial charge in [-0.15, -0.1) is 0 Å². The summed E-state index contributed by atoms with van der Waals surface area (Å²) in [4.78, 5) is 11.3. The zero-order chi connectivity index (χ0) is 21.4. The summed E-state index contributed by atoms with van der Waals surface area (Å²) in [5, 5.41) is 0.295. The van der Waals surface area contributed by atoms with Crippen LogP contribution in [0.15, 0.2) is 41.7 Å². The summed E-state index contributed by atoms with van der Waals surface area (Å²) >= 11 is 0. The van der Waals surface area contributed by atoms with Crippen LogP contribution in [0.4, 0.5) is 13.2 Å². The van der Waals surface area contributed by atoms with Gasteiger partial charge < -0.3 is 15.5 Å². The summed E-state index contributed by atoms with van der Waals surface area (Å²) in [6, 6.07) is 8.62. The largest absolute Gasteiger partial charge is 0.484 e. The van der Waals surface area contributed by atoms with E-state index >= 15 is 0 Å². The number of hydrogen-bond donors (Lipinski definition) is 2. The number of aromatic nitrogens is 3. The number of para-hydroxylation sites is 2. The van der Waals surface area contributed by atoms with Crippen LogP contribution in [0.3, 0.4) is 0 Å². The van der Waals surface area contributed by atoms with Crippen LogP contribution in [0.2, 0.25) is 0 Å². The van der Waals surface area contributed by atoms with Gasteiger partial charge in [-0.05, 0) is 38.1 Å². The van der Waals surface area contributed by atoms with Crippen molar-refractivity contribution in [1.29, 1.82) is 0 Å². The smallest absolute Gasteiger partial charge is 0.422 e. The third kappa shape index (κ3) is 6.82. The SMILES string of the molecule is CCCN.Cc1c(OCC(F)(F)F)ccnc1CS(=O)c1nc2ccccc2[nH]1. The van der Waals surface area contributed by atoms with Crippen LogP contribution < -0.4 is 10.5 Å². The lowest BCUT2D eigenvalue weighted by molar-refractivity contribution is -0.153. The molecule has 3 N–H and O–H groups in total. The van der Waals surface area contributed by atoms with Gasteiger partial charge in [0.1, 0.15) is 5.75 Å². The van der Waals surface area contributed by atoms with E-state index in [4.69, 9.17) is 10.5 Å². The van der Waals surface area contributed by atoms with E-state index in [0.29, 0.717) is 21.9 Å². The van der Waals surface area contributed by atoms with Crippen LogP contribution in [0.1, 0.15) is 24.6 Å². The highest BCUT2D eigenvalue weighted by atomic mass is 32.2. The van der Waals surface area contributed by atoms with Gasteiger partial charge in [-0.1, -0.05) is 19.1 Å². The summed E-state index contributed by atoms with van der Waals surface area (Å²) in [7, 11) is -1.51. The first-order valence-electron chi connectivity index (χ1n) is 8.92. The Balaban J connectivity index is 0.000000687. The summed E-state index contributed by atoms with van der Waals surface area (Å²) in [6.07, 6.45) is -1.99. The standard InChI is InChI=1S/C16H14F3N3O2S.C3H9N/c1-10-13(20-7-6-14(10)24-9-16(17,18)19)8-25(23)15-21-11-4-2-3-5-12(11)22-15;1-2-3-4/h2-7H,8-9H2,1H3,(H,21,22);2-4H2,1H3. The number of alkyl halides is 3. The molecule has 0 radical (unpaired) electrons. The van der Waals surface area contributed by atoms with Crippen molar-refractivity contribution < 1.29 is 22.1 Å². The van der Waals surface area contributed by atoms with E-state index in [1.165, 1.54) is 12.3 Å². The van der Waals surface area contributed by atoms with Gasteiger partial charge in [0, 0.05) is 11.8 Å². The number of nitrogens with zero attached hydrogens (tertiary/aromatic N) is 2. The number of imidazole rings is 1. The minimum Gasteiger partial charge on any atom is -0.484 e. The number of rotatable bonds is 6. The molecule has 0 saturated heterocycles. The van der Waals surface area contributed by atoms with Gasteiger partial charge in [0.2, 0.25) is 0 Å². The average molecular weight is 428 g/mol. The Morgan fingerprint density at radius 2 is 1.93 bits per heavy atom. The Hall–Kier alpha value is -2.46. The third-order valence-corrected chi connectivity index (χ3v) is 4.95. The molecular weight excluding hydrogens is 405 g/mol. The van der Waals surface area contributed by atoms with Crippen molar-refractivity contribution >= 4 is 21.8 Å². The van der Waals surface area contributed by atoms with Crippen LogP contribution in [0.5, 0.6) is 5.75 Å². The summed E-state index contributed by atoms with van der Waals surface area (Å²) in [5.41, 5.74) is 7.31. The molecule has 0 amide bonds. The molecule has 3 aromatic rings. The van der Waals surface area contributed by atoms with Crippen molar-refractivity contribution in [3.05, 3.63) is 47.8 Å². The molecule has 29 heavy (non-hydrogen) atoms. The van der Waals surface area contributed by atoms with E-state index < -0.39 is 23.6 Å². The maximum atomic E-state index is 12.5. The second-order valence-corrected chi connectivity index (χ2v) is 7.49. The van der Waals surface area contributed by atoms with Gasteiger partial charge in [0.15, 0.2) is 11.8 Å². The van der Waals surface area contributed by atoms with Crippen LogP contribution in [0, 0.1) is 6.92 Å². The lowest BCUT2D eigenvalue weighted by atomic mass is 10.2. The molecule has 1 atom stereocenters. The fourth-order valence-corrected chi connectivity index (χ4v) is 3.35. The van der Waals surface area contributed by atoms with E-state index in [-0.39, 0.29) is 11.5 Å². The predicted molar refractivity (Wildman–Crippen MR) is 106 cm³/mol. The zero-order valence-corrected chi connectivity index (χ0v) is 16.9. The number of pyridine rings is 1. The van der Waals surface area contributed by atoms with E-state index in [1.54, 1.807) is 13.0 Å². The maximum absolute atomic E-state index is 12.5. The molecule has 0 bridgehead atoms. The molecule has 0 aliphatic carbocycles. The molecule has 158 valence electrons. The molecule has 10 heteroatoms. The second kappa shape index (κ2) is 10.4. The molecule has 2 heterocycles. The number of fused-ring (bicyclic) bond motifs is 1. The number of ether oxygens (including phenoxy) is 1.